The standard InChI is InChI=1S/C15H25NO3/c1-2-3-4-5-8-16-10-15(19)12-6-7-14(18)13(9-12)11-17/h6-7,9,15-19H,2-5,8,10-11H2,1H3/t15-/m0/s1. The van der Waals surface area contributed by atoms with Crippen molar-refractivity contribution in [2.45, 2.75) is 45.3 Å². The van der Waals surface area contributed by atoms with Gasteiger partial charge in [0, 0.05) is 12.1 Å². The predicted molar refractivity (Wildman–Crippen MR) is 76.0 cm³/mol. The van der Waals surface area contributed by atoms with Crippen LogP contribution in [0, 0.1) is 0 Å². The predicted octanol–water partition coefficient (Wildman–Crippen LogP) is 2.09. The Balaban J connectivity index is 2.34. The Labute approximate surface area is 115 Å². The molecule has 4 N–H and O–H groups in total. The molecule has 4 nitrogen and oxygen atoms in total. The molecule has 0 aliphatic carbocycles. The van der Waals surface area contributed by atoms with Crippen LogP contribution in [0.2, 0.25) is 0 Å². The molecule has 19 heavy (non-hydrogen) atoms. The molecule has 0 spiro atoms. The summed E-state index contributed by atoms with van der Waals surface area (Å²) >= 11 is 0. The number of nitrogens with one attached hydrogen (secondary N) is 1. The molecule has 0 saturated heterocycles. The van der Waals surface area contributed by atoms with E-state index in [-0.39, 0.29) is 12.4 Å². The van der Waals surface area contributed by atoms with Gasteiger partial charge in [0.2, 0.25) is 0 Å². The maximum atomic E-state index is 10.0. The summed E-state index contributed by atoms with van der Waals surface area (Å²) in [6.45, 7) is 3.35. The molecule has 0 aliphatic rings. The minimum atomic E-state index is -0.614. The van der Waals surface area contributed by atoms with Gasteiger partial charge in [-0.2, -0.15) is 0 Å². The maximum absolute atomic E-state index is 10.0. The summed E-state index contributed by atoms with van der Waals surface area (Å²) in [6.07, 6.45) is 4.20. The Bertz CT molecular complexity index is 368. The highest BCUT2D eigenvalue weighted by Crippen LogP contribution is 2.22. The Morgan fingerprint density at radius 3 is 2.68 bits per heavy atom. The monoisotopic (exact) mass is 267 g/mol. The van der Waals surface area contributed by atoms with Crippen LogP contribution < -0.4 is 5.32 Å². The summed E-state index contributed by atoms with van der Waals surface area (Å²) in [5, 5.41) is 31.7. The first-order chi connectivity index (χ1) is 9.19. The van der Waals surface area contributed by atoms with Gasteiger partial charge in [-0.1, -0.05) is 32.3 Å². The first kappa shape index (κ1) is 16.0. The van der Waals surface area contributed by atoms with E-state index in [9.17, 15) is 10.2 Å². The highest BCUT2D eigenvalue weighted by atomic mass is 16.3. The van der Waals surface area contributed by atoms with Crippen molar-refractivity contribution in [1.82, 2.24) is 5.32 Å². The van der Waals surface area contributed by atoms with E-state index in [1.165, 1.54) is 25.3 Å². The Hall–Kier alpha value is -1.10. The van der Waals surface area contributed by atoms with Crippen molar-refractivity contribution in [2.75, 3.05) is 13.1 Å². The molecule has 1 aromatic carbocycles. The molecular weight excluding hydrogens is 242 g/mol. The lowest BCUT2D eigenvalue weighted by atomic mass is 10.1. The second-order valence-corrected chi connectivity index (χ2v) is 4.83. The maximum Gasteiger partial charge on any atom is 0.121 e. The van der Waals surface area contributed by atoms with Gasteiger partial charge in [-0.3, -0.25) is 0 Å². The van der Waals surface area contributed by atoms with Gasteiger partial charge >= 0.3 is 0 Å². The number of aliphatic hydroxyl groups is 2. The molecule has 1 atom stereocenters. The van der Waals surface area contributed by atoms with Crippen LogP contribution in [0.5, 0.6) is 5.75 Å². The van der Waals surface area contributed by atoms with E-state index in [2.05, 4.69) is 12.2 Å². The number of hydrogen-bond acceptors (Lipinski definition) is 4. The van der Waals surface area contributed by atoms with Crippen LogP contribution in [-0.4, -0.2) is 28.4 Å². The molecule has 1 aromatic rings. The van der Waals surface area contributed by atoms with Crippen LogP contribution in [-0.2, 0) is 6.61 Å². The van der Waals surface area contributed by atoms with E-state index in [4.69, 9.17) is 5.11 Å². The number of unbranched alkanes of at least 4 members (excludes halogenated alkanes) is 3. The van der Waals surface area contributed by atoms with Gasteiger partial charge in [0.15, 0.2) is 0 Å². The molecule has 0 bridgehead atoms. The van der Waals surface area contributed by atoms with Gasteiger partial charge in [0.05, 0.1) is 12.7 Å². The number of hydrogen-bond donors (Lipinski definition) is 4. The molecule has 108 valence electrons. The van der Waals surface area contributed by atoms with Gasteiger partial charge in [-0.05, 0) is 30.7 Å². The van der Waals surface area contributed by atoms with Crippen molar-refractivity contribution in [3.63, 3.8) is 0 Å². The van der Waals surface area contributed by atoms with E-state index in [0.29, 0.717) is 17.7 Å². The molecule has 0 unspecified atom stereocenters. The van der Waals surface area contributed by atoms with Crippen molar-refractivity contribution in [3.8, 4) is 5.75 Å². The zero-order chi connectivity index (χ0) is 14.1. The van der Waals surface area contributed by atoms with E-state index in [1.807, 2.05) is 0 Å². The summed E-state index contributed by atoms with van der Waals surface area (Å²) in [7, 11) is 0. The number of benzene rings is 1. The van der Waals surface area contributed by atoms with Gasteiger partial charge in [-0.25, -0.2) is 0 Å². The lowest BCUT2D eigenvalue weighted by Gasteiger charge is -2.13. The fourth-order valence-corrected chi connectivity index (χ4v) is 1.97. The largest absolute Gasteiger partial charge is 0.508 e. The summed E-state index contributed by atoms with van der Waals surface area (Å²) in [6, 6.07) is 4.82. The van der Waals surface area contributed by atoms with Crippen molar-refractivity contribution in [2.24, 2.45) is 0 Å². The average molecular weight is 267 g/mol. The normalized spacial score (nSPS) is 12.6. The second-order valence-electron chi connectivity index (χ2n) is 4.83. The molecule has 0 aromatic heterocycles. The Morgan fingerprint density at radius 2 is 2.00 bits per heavy atom. The smallest absolute Gasteiger partial charge is 0.121 e. The highest BCUT2D eigenvalue weighted by molar-refractivity contribution is 5.36. The zero-order valence-corrected chi connectivity index (χ0v) is 11.6. The fourth-order valence-electron chi connectivity index (χ4n) is 1.97. The van der Waals surface area contributed by atoms with Gasteiger partial charge < -0.3 is 20.6 Å². The van der Waals surface area contributed by atoms with E-state index < -0.39 is 6.10 Å². The summed E-state index contributed by atoms with van der Waals surface area (Å²) < 4.78 is 0. The average Bonchev–Trinajstić information content (AvgIpc) is 2.43. The number of aliphatic hydroxyl groups excluding tert-OH is 2. The first-order valence-corrected chi connectivity index (χ1v) is 7.00. The second kappa shape index (κ2) is 8.91. The van der Waals surface area contributed by atoms with E-state index in [1.54, 1.807) is 12.1 Å². The topological polar surface area (TPSA) is 72.7 Å². The van der Waals surface area contributed by atoms with Gasteiger partial charge in [0.1, 0.15) is 5.75 Å². The minimum absolute atomic E-state index is 0.0611. The van der Waals surface area contributed by atoms with Crippen LogP contribution in [0.3, 0.4) is 0 Å². The van der Waals surface area contributed by atoms with Crippen molar-refractivity contribution >= 4 is 0 Å². The van der Waals surface area contributed by atoms with Crippen LogP contribution in [0.4, 0.5) is 0 Å². The number of aromatic hydroxyl groups is 1. The number of phenols is 1. The molecule has 1 rings (SSSR count). The molecule has 0 saturated carbocycles. The first-order valence-electron chi connectivity index (χ1n) is 7.00. The van der Waals surface area contributed by atoms with Crippen LogP contribution in [0.15, 0.2) is 18.2 Å². The molecular formula is C15H25NO3. The lowest BCUT2D eigenvalue weighted by Crippen LogP contribution is -2.22. The summed E-state index contributed by atoms with van der Waals surface area (Å²) in [5.41, 5.74) is 1.16. The molecule has 0 fully saturated rings. The molecule has 0 radical (unpaired) electrons. The van der Waals surface area contributed by atoms with Crippen molar-refractivity contribution in [1.29, 1.82) is 0 Å². The van der Waals surface area contributed by atoms with Crippen LogP contribution >= 0.6 is 0 Å². The van der Waals surface area contributed by atoms with Crippen LogP contribution in [0.25, 0.3) is 0 Å². The quantitative estimate of drug-likeness (QED) is 0.517. The number of rotatable bonds is 9. The molecule has 4 heteroatoms. The fraction of sp³-hybridized carbons (Fsp3) is 0.600. The van der Waals surface area contributed by atoms with Gasteiger partial charge in [0.25, 0.3) is 0 Å². The zero-order valence-electron chi connectivity index (χ0n) is 11.6. The summed E-state index contributed by atoms with van der Waals surface area (Å²) in [4.78, 5) is 0. The van der Waals surface area contributed by atoms with E-state index >= 15 is 0 Å². The van der Waals surface area contributed by atoms with Crippen molar-refractivity contribution in [3.05, 3.63) is 29.3 Å². The summed E-state index contributed by atoms with van der Waals surface area (Å²) in [5.74, 6) is 0.0611. The molecule has 0 amide bonds. The molecule has 0 heterocycles. The Kier molecular flexibility index (Phi) is 7.48. The molecule has 0 aliphatic heterocycles. The SMILES string of the molecule is CCCCCCNC[C@H](O)c1ccc(O)c(CO)c1. The van der Waals surface area contributed by atoms with Crippen molar-refractivity contribution < 1.29 is 15.3 Å². The minimum Gasteiger partial charge on any atom is -0.508 e. The third-order valence-corrected chi connectivity index (χ3v) is 3.20. The van der Waals surface area contributed by atoms with Crippen LogP contribution in [0.1, 0.15) is 49.8 Å². The lowest BCUT2D eigenvalue weighted by molar-refractivity contribution is 0.174. The third-order valence-electron chi connectivity index (χ3n) is 3.20. The van der Waals surface area contributed by atoms with E-state index in [0.717, 1.165) is 13.0 Å². The Morgan fingerprint density at radius 1 is 1.21 bits per heavy atom. The van der Waals surface area contributed by atoms with Gasteiger partial charge in [-0.15, -0.1) is 0 Å². The highest BCUT2D eigenvalue weighted by Gasteiger charge is 2.09. The third kappa shape index (κ3) is 5.59.